The Morgan fingerprint density at radius 3 is 2.94 bits per heavy atom. The molecule has 0 amide bonds. The number of carbonyl (C=O) groups excluding carboxylic acids is 1. The molecule has 0 fully saturated rings. The van der Waals surface area contributed by atoms with Crippen molar-refractivity contribution in [2.45, 2.75) is 6.42 Å². The molecule has 1 aromatic rings. The van der Waals surface area contributed by atoms with Crippen LogP contribution in [0.5, 0.6) is 0 Å². The van der Waals surface area contributed by atoms with Crippen LogP contribution in [0.3, 0.4) is 0 Å². The fourth-order valence-electron chi connectivity index (χ4n) is 2.14. The van der Waals surface area contributed by atoms with Crippen molar-refractivity contribution in [3.63, 3.8) is 0 Å². The van der Waals surface area contributed by atoms with Crippen LogP contribution in [0.2, 0.25) is 0 Å². The zero-order valence-corrected chi connectivity index (χ0v) is 9.34. The summed E-state index contributed by atoms with van der Waals surface area (Å²) in [5, 5.41) is 10.3. The van der Waals surface area contributed by atoms with Gasteiger partial charge in [0.05, 0.1) is 10.9 Å². The molecule has 3 rings (SSSR count). The molecule has 0 aromatic heterocycles. The monoisotopic (exact) mass is 243 g/mol. The Labute approximate surface area is 102 Å². The van der Waals surface area contributed by atoms with Gasteiger partial charge < -0.3 is 9.84 Å². The molecule has 0 saturated heterocycles. The smallest absolute Gasteiger partial charge is 0.311 e. The van der Waals surface area contributed by atoms with E-state index in [4.69, 9.17) is 9.84 Å². The maximum Gasteiger partial charge on any atom is 0.311 e. The Bertz CT molecular complexity index is 715. The molecule has 5 nitrogen and oxygen atoms in total. The van der Waals surface area contributed by atoms with Gasteiger partial charge in [-0.3, -0.25) is 9.59 Å². The number of carboxylic acids is 1. The number of aliphatic carboxylic acids is 1. The molecule has 0 aliphatic carbocycles. The molecule has 0 unspecified atom stereocenters. The minimum absolute atomic E-state index is 0.120. The number of ether oxygens (including phenoxy) is 1. The largest absolute Gasteiger partial charge is 0.487 e. The van der Waals surface area contributed by atoms with Crippen LogP contribution in [0.4, 0.5) is 0 Å². The van der Waals surface area contributed by atoms with Gasteiger partial charge >= 0.3 is 5.97 Å². The number of allylic oxidation sites excluding steroid dienone is 1. The van der Waals surface area contributed by atoms with Crippen LogP contribution in [0.1, 0.15) is 6.42 Å². The van der Waals surface area contributed by atoms with E-state index in [1.54, 1.807) is 6.07 Å². The van der Waals surface area contributed by atoms with Crippen molar-refractivity contribution in [1.29, 1.82) is 0 Å². The van der Waals surface area contributed by atoms with Crippen LogP contribution < -0.4 is 10.6 Å². The number of nitrogens with zero attached hydrogens (tertiary/aromatic N) is 1. The first-order valence-electron chi connectivity index (χ1n) is 5.46. The highest BCUT2D eigenvalue weighted by Crippen LogP contribution is 2.27. The van der Waals surface area contributed by atoms with Crippen LogP contribution in [0.25, 0.3) is 5.57 Å². The van der Waals surface area contributed by atoms with Gasteiger partial charge in [-0.2, -0.15) is 0 Å². The number of ketones is 1. The van der Waals surface area contributed by atoms with Gasteiger partial charge in [0.25, 0.3) is 0 Å². The molecule has 90 valence electrons. The normalized spacial score (nSPS) is 16.9. The molecular formula is C13H9NO4. The molecule has 1 aromatic carbocycles. The maximum absolute atomic E-state index is 11.9. The standard InChI is InChI=1S/C13H9NO4/c15-9-6-18-10(5-11(16)17)13-12(9)7-3-1-2-4-8(7)14-13/h1-4H,5-6H2,(H,16,17). The summed E-state index contributed by atoms with van der Waals surface area (Å²) in [6.07, 6.45) is -0.260. The topological polar surface area (TPSA) is 76.0 Å². The number of benzene rings is 1. The summed E-state index contributed by atoms with van der Waals surface area (Å²) >= 11 is 0. The van der Waals surface area contributed by atoms with E-state index in [1.807, 2.05) is 18.2 Å². The molecule has 0 saturated carbocycles. The van der Waals surface area contributed by atoms with Gasteiger partial charge in [-0.1, -0.05) is 18.2 Å². The highest BCUT2D eigenvalue weighted by Gasteiger charge is 2.30. The number of hydrogen-bond acceptors (Lipinski definition) is 4. The van der Waals surface area contributed by atoms with Crippen molar-refractivity contribution in [3.05, 3.63) is 46.3 Å². The van der Waals surface area contributed by atoms with Crippen molar-refractivity contribution in [3.8, 4) is 0 Å². The second-order valence-electron chi connectivity index (χ2n) is 4.06. The first-order valence-corrected chi connectivity index (χ1v) is 5.46. The lowest BCUT2D eigenvalue weighted by Crippen LogP contribution is -2.27. The highest BCUT2D eigenvalue weighted by atomic mass is 16.5. The number of carbonyl (C=O) groups is 2. The van der Waals surface area contributed by atoms with E-state index in [-0.39, 0.29) is 24.6 Å². The Morgan fingerprint density at radius 1 is 1.39 bits per heavy atom. The van der Waals surface area contributed by atoms with Gasteiger partial charge in [0.1, 0.15) is 17.9 Å². The second kappa shape index (κ2) is 3.80. The number of hydrogen-bond donors (Lipinski definition) is 1. The maximum atomic E-state index is 11.9. The summed E-state index contributed by atoms with van der Waals surface area (Å²) in [4.78, 5) is 26.9. The fraction of sp³-hybridized carbons (Fsp3) is 0.154. The zero-order chi connectivity index (χ0) is 12.7. The summed E-state index contributed by atoms with van der Waals surface area (Å²) in [7, 11) is 0. The number of rotatable bonds is 2. The number of para-hydroxylation sites is 1. The number of fused-ring (bicyclic) bond motifs is 2. The zero-order valence-electron chi connectivity index (χ0n) is 9.34. The number of Topliss-reactive ketones (excluding diaryl/α,β-unsaturated/α-hetero) is 1. The molecule has 1 N–H and O–H groups in total. The van der Waals surface area contributed by atoms with E-state index in [2.05, 4.69) is 4.99 Å². The van der Waals surface area contributed by atoms with E-state index >= 15 is 0 Å². The molecule has 0 spiro atoms. The van der Waals surface area contributed by atoms with Gasteiger partial charge in [0, 0.05) is 5.22 Å². The van der Waals surface area contributed by atoms with Gasteiger partial charge in [-0.05, 0) is 6.07 Å². The number of carboxylic acid groups (broad SMARTS) is 1. The van der Waals surface area contributed by atoms with E-state index in [0.29, 0.717) is 16.6 Å². The molecule has 2 aliphatic rings. The molecule has 18 heavy (non-hydrogen) atoms. The van der Waals surface area contributed by atoms with Crippen molar-refractivity contribution in [1.82, 2.24) is 0 Å². The molecule has 2 heterocycles. The van der Waals surface area contributed by atoms with Crippen LogP contribution >= 0.6 is 0 Å². The molecule has 0 atom stereocenters. The molecule has 5 heteroatoms. The minimum Gasteiger partial charge on any atom is -0.487 e. The first kappa shape index (κ1) is 10.7. The summed E-state index contributed by atoms with van der Waals surface area (Å²) in [6, 6.07) is 7.25. The third-order valence-electron chi connectivity index (χ3n) is 2.87. The average molecular weight is 243 g/mol. The third kappa shape index (κ3) is 1.52. The van der Waals surface area contributed by atoms with E-state index in [0.717, 1.165) is 5.22 Å². The fourth-order valence-corrected chi connectivity index (χ4v) is 2.14. The predicted molar refractivity (Wildman–Crippen MR) is 60.9 cm³/mol. The second-order valence-corrected chi connectivity index (χ2v) is 4.06. The summed E-state index contributed by atoms with van der Waals surface area (Å²) in [5.74, 6) is -0.904. The Balaban J connectivity index is 2.29. The quantitative estimate of drug-likeness (QED) is 0.777. The Kier molecular flexibility index (Phi) is 2.26. The van der Waals surface area contributed by atoms with Crippen molar-refractivity contribution in [2.75, 3.05) is 6.61 Å². The predicted octanol–water partition coefficient (Wildman–Crippen LogP) is -0.244. The van der Waals surface area contributed by atoms with E-state index in [9.17, 15) is 9.59 Å². The summed E-state index contributed by atoms with van der Waals surface area (Å²) in [5.41, 5.74) is 0.850. The van der Waals surface area contributed by atoms with Crippen LogP contribution in [-0.2, 0) is 14.3 Å². The minimum atomic E-state index is -1.00. The van der Waals surface area contributed by atoms with Crippen LogP contribution in [0.15, 0.2) is 40.7 Å². The highest BCUT2D eigenvalue weighted by molar-refractivity contribution is 6.22. The van der Waals surface area contributed by atoms with Crippen LogP contribution in [-0.4, -0.2) is 23.5 Å². The van der Waals surface area contributed by atoms with Gasteiger partial charge in [-0.15, -0.1) is 0 Å². The lowest BCUT2D eigenvalue weighted by Gasteiger charge is -2.17. The van der Waals surface area contributed by atoms with Gasteiger partial charge in [-0.25, -0.2) is 4.99 Å². The van der Waals surface area contributed by atoms with Crippen molar-refractivity contribution in [2.24, 2.45) is 4.99 Å². The van der Waals surface area contributed by atoms with Gasteiger partial charge in [0.2, 0.25) is 5.78 Å². The average Bonchev–Trinajstić information content (AvgIpc) is 2.72. The van der Waals surface area contributed by atoms with E-state index < -0.39 is 5.97 Å². The summed E-state index contributed by atoms with van der Waals surface area (Å²) in [6.45, 7) is -0.120. The lowest BCUT2D eigenvalue weighted by atomic mass is 10.0. The first-order chi connectivity index (χ1) is 8.66. The lowest BCUT2D eigenvalue weighted by molar-refractivity contribution is -0.137. The molecular weight excluding hydrogens is 234 g/mol. The van der Waals surface area contributed by atoms with Gasteiger partial charge in [0.15, 0.2) is 6.61 Å². The Hall–Kier alpha value is -2.43. The van der Waals surface area contributed by atoms with Crippen molar-refractivity contribution >= 4 is 17.3 Å². The molecule has 0 radical (unpaired) electrons. The van der Waals surface area contributed by atoms with E-state index in [1.165, 1.54) is 0 Å². The Morgan fingerprint density at radius 2 is 2.17 bits per heavy atom. The molecule has 0 bridgehead atoms. The van der Waals surface area contributed by atoms with Crippen molar-refractivity contribution < 1.29 is 19.4 Å². The SMILES string of the molecule is O=C(O)CC1=C2N=c3ccccc3=C2C(=O)CO1. The summed E-state index contributed by atoms with van der Waals surface area (Å²) < 4.78 is 5.18. The molecule has 2 aliphatic heterocycles. The van der Waals surface area contributed by atoms with Crippen LogP contribution in [0, 0.1) is 0 Å². The third-order valence-corrected chi connectivity index (χ3v) is 2.87.